The summed E-state index contributed by atoms with van der Waals surface area (Å²) in [7, 11) is 0. The molecule has 0 nitrogen and oxygen atoms in total. The molecule has 0 saturated carbocycles. The largest absolute Gasteiger partial charge is 0.143 e. The molecule has 1 aliphatic rings. The minimum Gasteiger partial charge on any atom is -0.143 e. The maximum absolute atomic E-state index is 2.53. The van der Waals surface area contributed by atoms with Gasteiger partial charge in [0.2, 0.25) is 0 Å². The van der Waals surface area contributed by atoms with Gasteiger partial charge >= 0.3 is 0 Å². The van der Waals surface area contributed by atoms with Crippen molar-refractivity contribution in [1.82, 2.24) is 0 Å². The minimum atomic E-state index is 0.814. The van der Waals surface area contributed by atoms with Gasteiger partial charge in [-0.15, -0.1) is 23.1 Å². The quantitative estimate of drug-likeness (QED) is 0.585. The molecule has 0 fully saturated rings. The van der Waals surface area contributed by atoms with E-state index in [1.807, 2.05) is 11.3 Å². The van der Waals surface area contributed by atoms with E-state index in [9.17, 15) is 0 Å². The Balaban J connectivity index is 1.87. The van der Waals surface area contributed by atoms with Crippen LogP contribution >= 0.6 is 23.1 Å². The van der Waals surface area contributed by atoms with Gasteiger partial charge in [0.25, 0.3) is 0 Å². The summed E-state index contributed by atoms with van der Waals surface area (Å²) >= 11 is 3.93. The Morgan fingerprint density at radius 3 is 2.94 bits per heavy atom. The van der Waals surface area contributed by atoms with Gasteiger partial charge in [0, 0.05) is 15.5 Å². The second-order valence-corrected chi connectivity index (χ2v) is 7.24. The standard InChI is InChI=1S/C16H24S2/c1-3-5-7-13(4-2)10-14-11-16(18-12-14)15-8-6-9-17-15/h6,8-9,11,13-14H,3-5,7,10,12H2,1-2H3. The average molecular weight is 281 g/mol. The molecular weight excluding hydrogens is 256 g/mol. The lowest BCUT2D eigenvalue weighted by molar-refractivity contribution is 0.387. The number of unbranched alkanes of at least 4 members (excludes halogenated alkanes) is 1. The number of thioether (sulfide) groups is 1. The van der Waals surface area contributed by atoms with Crippen molar-refractivity contribution in [2.24, 2.45) is 11.8 Å². The number of rotatable bonds is 7. The third kappa shape index (κ3) is 3.89. The molecule has 1 aliphatic heterocycles. The third-order valence-corrected chi connectivity index (χ3v) is 6.08. The predicted octanol–water partition coefficient (Wildman–Crippen LogP) is 6.06. The van der Waals surface area contributed by atoms with Gasteiger partial charge in [-0.2, -0.15) is 0 Å². The Bertz CT molecular complexity index is 364. The molecule has 2 rings (SSSR count). The van der Waals surface area contributed by atoms with Crippen LogP contribution in [0.2, 0.25) is 0 Å². The summed E-state index contributed by atoms with van der Waals surface area (Å²) in [6.07, 6.45) is 9.45. The average Bonchev–Trinajstić information content (AvgIpc) is 3.04. The van der Waals surface area contributed by atoms with Crippen LogP contribution in [0.4, 0.5) is 0 Å². The first-order chi connectivity index (χ1) is 8.83. The molecule has 0 N–H and O–H groups in total. The summed E-state index contributed by atoms with van der Waals surface area (Å²) in [4.78, 5) is 2.99. The zero-order valence-corrected chi connectivity index (χ0v) is 13.2. The molecule has 2 atom stereocenters. The molecule has 0 spiro atoms. The molecular formula is C16H24S2. The molecule has 2 heteroatoms. The highest BCUT2D eigenvalue weighted by atomic mass is 32.2. The van der Waals surface area contributed by atoms with E-state index in [1.165, 1.54) is 47.6 Å². The van der Waals surface area contributed by atoms with E-state index < -0.39 is 0 Å². The molecule has 0 aromatic carbocycles. The lowest BCUT2D eigenvalue weighted by Crippen LogP contribution is -2.06. The van der Waals surface area contributed by atoms with Crippen molar-refractivity contribution in [2.75, 3.05) is 5.75 Å². The summed E-state index contributed by atoms with van der Waals surface area (Å²) in [5.41, 5.74) is 0. The molecule has 0 amide bonds. The first kappa shape index (κ1) is 14.2. The number of thiophene rings is 1. The molecule has 0 aliphatic carbocycles. The van der Waals surface area contributed by atoms with Crippen molar-refractivity contribution < 1.29 is 0 Å². The monoisotopic (exact) mass is 280 g/mol. The summed E-state index contributed by atoms with van der Waals surface area (Å²) in [5.74, 6) is 3.05. The lowest BCUT2D eigenvalue weighted by atomic mass is 9.89. The summed E-state index contributed by atoms with van der Waals surface area (Å²) < 4.78 is 0. The normalized spacial score (nSPS) is 21.0. The van der Waals surface area contributed by atoms with Crippen LogP contribution in [0.3, 0.4) is 0 Å². The molecule has 0 saturated heterocycles. The molecule has 100 valence electrons. The first-order valence-electron chi connectivity index (χ1n) is 7.22. The molecule has 1 aromatic heterocycles. The minimum absolute atomic E-state index is 0.814. The SMILES string of the molecule is CCCCC(CC)CC1C=C(c2cccs2)SC1. The Kier molecular flexibility index (Phi) is 5.84. The van der Waals surface area contributed by atoms with Crippen LogP contribution in [0.1, 0.15) is 50.8 Å². The topological polar surface area (TPSA) is 0 Å². The van der Waals surface area contributed by atoms with Crippen LogP contribution in [0.5, 0.6) is 0 Å². The van der Waals surface area contributed by atoms with E-state index >= 15 is 0 Å². The summed E-state index contributed by atoms with van der Waals surface area (Å²) in [6, 6.07) is 4.41. The molecule has 2 heterocycles. The molecule has 18 heavy (non-hydrogen) atoms. The van der Waals surface area contributed by atoms with Gasteiger partial charge in [0.05, 0.1) is 0 Å². The Morgan fingerprint density at radius 1 is 1.39 bits per heavy atom. The zero-order valence-electron chi connectivity index (χ0n) is 11.5. The van der Waals surface area contributed by atoms with Gasteiger partial charge in [-0.1, -0.05) is 51.7 Å². The van der Waals surface area contributed by atoms with Crippen LogP contribution in [0, 0.1) is 11.8 Å². The van der Waals surface area contributed by atoms with Gasteiger partial charge < -0.3 is 0 Å². The van der Waals surface area contributed by atoms with E-state index in [-0.39, 0.29) is 0 Å². The van der Waals surface area contributed by atoms with Gasteiger partial charge in [-0.05, 0) is 29.7 Å². The Morgan fingerprint density at radius 2 is 2.28 bits per heavy atom. The third-order valence-electron chi connectivity index (χ3n) is 3.78. The molecule has 2 unspecified atom stereocenters. The van der Waals surface area contributed by atoms with E-state index in [0.717, 1.165) is 11.8 Å². The van der Waals surface area contributed by atoms with Crippen LogP contribution in [-0.2, 0) is 0 Å². The lowest BCUT2D eigenvalue weighted by Gasteiger charge is -2.17. The van der Waals surface area contributed by atoms with Gasteiger partial charge in [0.15, 0.2) is 0 Å². The van der Waals surface area contributed by atoms with Crippen molar-refractivity contribution in [3.63, 3.8) is 0 Å². The molecule has 0 bridgehead atoms. The summed E-state index contributed by atoms with van der Waals surface area (Å²) in [6.45, 7) is 4.65. The van der Waals surface area contributed by atoms with Gasteiger partial charge in [-0.25, -0.2) is 0 Å². The van der Waals surface area contributed by atoms with Crippen molar-refractivity contribution in [1.29, 1.82) is 0 Å². The highest BCUT2D eigenvalue weighted by Gasteiger charge is 2.21. The van der Waals surface area contributed by atoms with Gasteiger partial charge in [-0.3, -0.25) is 0 Å². The van der Waals surface area contributed by atoms with Crippen molar-refractivity contribution in [3.8, 4) is 0 Å². The Hall–Kier alpha value is -0.210. The van der Waals surface area contributed by atoms with Crippen LogP contribution in [-0.4, -0.2) is 5.75 Å². The second-order valence-electron chi connectivity index (χ2n) is 5.23. The van der Waals surface area contributed by atoms with Gasteiger partial charge in [0.1, 0.15) is 0 Å². The second kappa shape index (κ2) is 7.40. The fraction of sp³-hybridized carbons (Fsp3) is 0.625. The fourth-order valence-electron chi connectivity index (χ4n) is 2.62. The van der Waals surface area contributed by atoms with Crippen molar-refractivity contribution in [3.05, 3.63) is 28.5 Å². The van der Waals surface area contributed by atoms with E-state index in [0.29, 0.717) is 0 Å². The number of allylic oxidation sites excluding steroid dienone is 1. The van der Waals surface area contributed by atoms with Crippen LogP contribution in [0.15, 0.2) is 23.6 Å². The van der Waals surface area contributed by atoms with E-state index in [1.54, 1.807) is 0 Å². The fourth-order valence-corrected chi connectivity index (χ4v) is 4.72. The number of hydrogen-bond donors (Lipinski definition) is 0. The van der Waals surface area contributed by atoms with Crippen molar-refractivity contribution in [2.45, 2.75) is 46.0 Å². The maximum atomic E-state index is 2.53. The smallest absolute Gasteiger partial charge is 0.0403 e. The van der Waals surface area contributed by atoms with E-state index in [2.05, 4.69) is 49.2 Å². The van der Waals surface area contributed by atoms with Crippen LogP contribution in [0.25, 0.3) is 4.91 Å². The van der Waals surface area contributed by atoms with Crippen LogP contribution < -0.4 is 0 Å². The van der Waals surface area contributed by atoms with E-state index in [4.69, 9.17) is 0 Å². The zero-order chi connectivity index (χ0) is 12.8. The highest BCUT2D eigenvalue weighted by Crippen LogP contribution is 2.41. The summed E-state index contributed by atoms with van der Waals surface area (Å²) in [5, 5.41) is 2.18. The maximum Gasteiger partial charge on any atom is 0.0403 e. The predicted molar refractivity (Wildman–Crippen MR) is 86.2 cm³/mol. The molecule has 0 radical (unpaired) electrons. The number of hydrogen-bond acceptors (Lipinski definition) is 2. The van der Waals surface area contributed by atoms with Crippen molar-refractivity contribution >= 4 is 28.0 Å². The highest BCUT2D eigenvalue weighted by molar-refractivity contribution is 8.08. The molecule has 1 aromatic rings. The first-order valence-corrected chi connectivity index (χ1v) is 9.08. The Labute approximate surface area is 120 Å².